The van der Waals surface area contributed by atoms with E-state index >= 15 is 0 Å². The molecule has 4 nitrogen and oxygen atoms in total. The third-order valence-corrected chi connectivity index (χ3v) is 1.49. The lowest BCUT2D eigenvalue weighted by molar-refractivity contribution is 0.912. The molecule has 4 heteroatoms. The first-order valence-electron chi connectivity index (χ1n) is 3.31. The normalized spacial score (nSPS) is 10.6. The number of nitrogens with one attached hydrogen (secondary N) is 1. The molecule has 0 aliphatic heterocycles. The number of aromatic amines is 1. The number of hydrogen-bond acceptors (Lipinski definition) is 2. The van der Waals surface area contributed by atoms with Crippen molar-refractivity contribution >= 4 is 5.65 Å². The summed E-state index contributed by atoms with van der Waals surface area (Å²) in [6, 6.07) is 3.30. The van der Waals surface area contributed by atoms with E-state index in [0.717, 1.165) is 5.69 Å². The van der Waals surface area contributed by atoms with Gasteiger partial charge in [0.15, 0.2) is 5.65 Å². The number of aryl methyl sites for hydroxylation is 1. The Morgan fingerprint density at radius 3 is 3.27 bits per heavy atom. The van der Waals surface area contributed by atoms with E-state index in [9.17, 15) is 4.79 Å². The summed E-state index contributed by atoms with van der Waals surface area (Å²) in [5.74, 6) is 0. The van der Waals surface area contributed by atoms with E-state index in [0.29, 0.717) is 5.65 Å². The molecule has 0 aliphatic rings. The summed E-state index contributed by atoms with van der Waals surface area (Å²) in [5.41, 5.74) is 1.45. The van der Waals surface area contributed by atoms with Crippen molar-refractivity contribution in [3.05, 3.63) is 34.4 Å². The lowest BCUT2D eigenvalue weighted by Gasteiger charge is -1.92. The van der Waals surface area contributed by atoms with Crippen LogP contribution in [-0.2, 0) is 0 Å². The molecule has 0 aromatic carbocycles. The van der Waals surface area contributed by atoms with Crippen molar-refractivity contribution < 1.29 is 0 Å². The van der Waals surface area contributed by atoms with Gasteiger partial charge in [0.25, 0.3) is 5.56 Å². The average Bonchev–Trinajstić information content (AvgIpc) is 2.27. The molecular weight excluding hydrogens is 142 g/mol. The van der Waals surface area contributed by atoms with Gasteiger partial charge in [-0.05, 0) is 13.0 Å². The largest absolute Gasteiger partial charge is 0.268 e. The zero-order valence-corrected chi connectivity index (χ0v) is 6.03. The first kappa shape index (κ1) is 6.15. The summed E-state index contributed by atoms with van der Waals surface area (Å²) in [7, 11) is 0. The average molecular weight is 149 g/mol. The standard InChI is InChI=1S/C7H7N3O/c1-5-2-3-10-6(8-5)4-7(11)9-10/h2-4H,1H3,(H,9,11). The van der Waals surface area contributed by atoms with Crippen molar-refractivity contribution in [2.24, 2.45) is 0 Å². The first-order valence-corrected chi connectivity index (χ1v) is 3.31. The Morgan fingerprint density at radius 2 is 2.45 bits per heavy atom. The molecular formula is C7H7N3O. The maximum Gasteiger partial charge on any atom is 0.266 e. The smallest absolute Gasteiger partial charge is 0.266 e. The molecule has 0 unspecified atom stereocenters. The van der Waals surface area contributed by atoms with Gasteiger partial charge in [-0.1, -0.05) is 0 Å². The van der Waals surface area contributed by atoms with Crippen LogP contribution in [0, 0.1) is 6.92 Å². The van der Waals surface area contributed by atoms with Crippen LogP contribution in [0.3, 0.4) is 0 Å². The van der Waals surface area contributed by atoms with Crippen LogP contribution in [0.2, 0.25) is 0 Å². The lowest BCUT2D eigenvalue weighted by Crippen LogP contribution is -1.98. The summed E-state index contributed by atoms with van der Waals surface area (Å²) in [4.78, 5) is 14.9. The molecule has 1 N–H and O–H groups in total. The van der Waals surface area contributed by atoms with Crippen molar-refractivity contribution in [1.82, 2.24) is 14.6 Å². The Kier molecular flexibility index (Phi) is 1.09. The predicted molar refractivity (Wildman–Crippen MR) is 40.5 cm³/mol. The van der Waals surface area contributed by atoms with Gasteiger partial charge in [0.05, 0.1) is 0 Å². The number of fused-ring (bicyclic) bond motifs is 1. The molecule has 0 bridgehead atoms. The summed E-state index contributed by atoms with van der Waals surface area (Å²) < 4.78 is 1.59. The highest BCUT2D eigenvalue weighted by molar-refractivity contribution is 5.35. The summed E-state index contributed by atoms with van der Waals surface area (Å²) >= 11 is 0. The number of nitrogens with zero attached hydrogens (tertiary/aromatic N) is 2. The van der Waals surface area contributed by atoms with Gasteiger partial charge in [0, 0.05) is 18.0 Å². The predicted octanol–water partition coefficient (Wildman–Crippen LogP) is 0.331. The Labute approximate surface area is 62.5 Å². The highest BCUT2D eigenvalue weighted by Crippen LogP contribution is 1.95. The molecule has 0 fully saturated rings. The highest BCUT2D eigenvalue weighted by Gasteiger charge is 1.95. The molecule has 56 valence electrons. The van der Waals surface area contributed by atoms with E-state index < -0.39 is 0 Å². The molecule has 0 saturated heterocycles. The fourth-order valence-electron chi connectivity index (χ4n) is 0.995. The lowest BCUT2D eigenvalue weighted by atomic mass is 10.4. The van der Waals surface area contributed by atoms with Crippen molar-refractivity contribution in [3.8, 4) is 0 Å². The molecule has 0 aliphatic carbocycles. The minimum Gasteiger partial charge on any atom is -0.268 e. The van der Waals surface area contributed by atoms with Crippen molar-refractivity contribution in [2.45, 2.75) is 6.92 Å². The Bertz CT molecular complexity index is 440. The highest BCUT2D eigenvalue weighted by atomic mass is 16.1. The summed E-state index contributed by atoms with van der Waals surface area (Å²) in [6.07, 6.45) is 1.78. The molecule has 0 saturated carbocycles. The Hall–Kier alpha value is -1.58. The number of aromatic nitrogens is 3. The summed E-state index contributed by atoms with van der Waals surface area (Å²) in [5, 5.41) is 2.58. The Balaban J connectivity index is 2.92. The monoisotopic (exact) mass is 149 g/mol. The van der Waals surface area contributed by atoms with Crippen LogP contribution in [0.25, 0.3) is 5.65 Å². The van der Waals surface area contributed by atoms with Crippen LogP contribution in [0.15, 0.2) is 23.1 Å². The van der Waals surface area contributed by atoms with Gasteiger partial charge >= 0.3 is 0 Å². The first-order chi connectivity index (χ1) is 5.25. The van der Waals surface area contributed by atoms with E-state index in [-0.39, 0.29) is 5.56 Å². The molecule has 0 radical (unpaired) electrons. The van der Waals surface area contributed by atoms with E-state index in [1.807, 2.05) is 13.0 Å². The minimum absolute atomic E-state index is 0.122. The topological polar surface area (TPSA) is 50.2 Å². The second kappa shape index (κ2) is 1.95. The van der Waals surface area contributed by atoms with E-state index in [2.05, 4.69) is 10.1 Å². The van der Waals surface area contributed by atoms with Crippen LogP contribution in [0.1, 0.15) is 5.69 Å². The van der Waals surface area contributed by atoms with Gasteiger partial charge in [0.2, 0.25) is 0 Å². The maximum absolute atomic E-state index is 10.8. The van der Waals surface area contributed by atoms with E-state index in [1.54, 1.807) is 10.7 Å². The maximum atomic E-state index is 10.8. The number of H-pyrrole nitrogens is 1. The molecule has 2 aromatic rings. The molecule has 0 amide bonds. The molecule has 0 spiro atoms. The van der Waals surface area contributed by atoms with Crippen molar-refractivity contribution in [2.75, 3.05) is 0 Å². The van der Waals surface area contributed by atoms with E-state index in [1.165, 1.54) is 6.07 Å². The quantitative estimate of drug-likeness (QED) is 0.586. The van der Waals surface area contributed by atoms with Crippen molar-refractivity contribution in [3.63, 3.8) is 0 Å². The molecule has 11 heavy (non-hydrogen) atoms. The Morgan fingerprint density at radius 1 is 1.64 bits per heavy atom. The number of rotatable bonds is 0. The van der Waals surface area contributed by atoms with Crippen molar-refractivity contribution in [1.29, 1.82) is 0 Å². The van der Waals surface area contributed by atoms with Gasteiger partial charge in [-0.25, -0.2) is 9.50 Å². The fourth-order valence-corrected chi connectivity index (χ4v) is 0.995. The molecule has 2 aromatic heterocycles. The fraction of sp³-hybridized carbons (Fsp3) is 0.143. The molecule has 2 heterocycles. The summed E-state index contributed by atoms with van der Waals surface area (Å²) in [6.45, 7) is 1.89. The SMILES string of the molecule is Cc1ccn2[nH]c(=O)cc2n1. The van der Waals surface area contributed by atoms with Crippen LogP contribution < -0.4 is 5.56 Å². The minimum atomic E-state index is -0.122. The van der Waals surface area contributed by atoms with Gasteiger partial charge in [-0.2, -0.15) is 0 Å². The van der Waals surface area contributed by atoms with Gasteiger partial charge < -0.3 is 0 Å². The zero-order valence-electron chi connectivity index (χ0n) is 6.03. The zero-order chi connectivity index (χ0) is 7.84. The van der Waals surface area contributed by atoms with Crippen LogP contribution in [0.5, 0.6) is 0 Å². The third-order valence-electron chi connectivity index (χ3n) is 1.49. The molecule has 0 atom stereocenters. The van der Waals surface area contributed by atoms with Gasteiger partial charge in [-0.15, -0.1) is 0 Å². The van der Waals surface area contributed by atoms with Gasteiger partial charge in [-0.3, -0.25) is 9.89 Å². The van der Waals surface area contributed by atoms with E-state index in [4.69, 9.17) is 0 Å². The second-order valence-electron chi connectivity index (χ2n) is 2.42. The molecule has 2 rings (SSSR count). The van der Waals surface area contributed by atoms with Crippen LogP contribution >= 0.6 is 0 Å². The van der Waals surface area contributed by atoms with Crippen LogP contribution in [-0.4, -0.2) is 14.6 Å². The number of hydrogen-bond donors (Lipinski definition) is 1. The second-order valence-corrected chi connectivity index (χ2v) is 2.42. The van der Waals surface area contributed by atoms with Gasteiger partial charge in [0.1, 0.15) is 0 Å². The third kappa shape index (κ3) is 0.920. The van der Waals surface area contributed by atoms with Crippen LogP contribution in [0.4, 0.5) is 0 Å².